The number of rotatable bonds is 5. The van der Waals surface area contributed by atoms with Gasteiger partial charge in [-0.25, -0.2) is 0 Å². The van der Waals surface area contributed by atoms with E-state index in [1.807, 2.05) is 54.6 Å². The molecule has 1 N–H and O–H groups in total. The number of benzene rings is 2. The molecule has 0 unspecified atom stereocenters. The van der Waals surface area contributed by atoms with Crippen molar-refractivity contribution in [3.63, 3.8) is 0 Å². The van der Waals surface area contributed by atoms with Gasteiger partial charge in [0.15, 0.2) is 0 Å². The first-order chi connectivity index (χ1) is 11.7. The first-order valence-corrected chi connectivity index (χ1v) is 11.8. The second-order valence-electron chi connectivity index (χ2n) is 7.57. The lowest BCUT2D eigenvalue weighted by molar-refractivity contribution is 0.300. The van der Waals surface area contributed by atoms with Crippen LogP contribution in [-0.2, 0) is 11.3 Å². The lowest BCUT2D eigenvalue weighted by Crippen LogP contribution is -2.43. The molecule has 2 rings (SSSR count). The molecule has 25 heavy (non-hydrogen) atoms. The zero-order valence-electron chi connectivity index (χ0n) is 15.6. The predicted octanol–water partition coefficient (Wildman–Crippen LogP) is 5.98. The number of hydrogen-bond acceptors (Lipinski definition) is 3. The van der Waals surface area contributed by atoms with Crippen molar-refractivity contribution >= 4 is 31.4 Å². The van der Waals surface area contributed by atoms with E-state index < -0.39 is 8.32 Å². The van der Waals surface area contributed by atoms with Crippen molar-refractivity contribution < 1.29 is 9.16 Å². The fraction of sp³-hybridized carbons (Fsp3) is 0.350. The molecule has 134 valence electrons. The van der Waals surface area contributed by atoms with Crippen LogP contribution in [0, 0.1) is 0 Å². The van der Waals surface area contributed by atoms with Crippen LogP contribution in [0.3, 0.4) is 0 Å². The predicted molar refractivity (Wildman–Crippen MR) is 112 cm³/mol. The van der Waals surface area contributed by atoms with Crippen LogP contribution >= 0.6 is 12.2 Å². The van der Waals surface area contributed by atoms with Gasteiger partial charge in [0.25, 0.3) is 5.17 Å². The van der Waals surface area contributed by atoms with Crippen molar-refractivity contribution in [2.45, 2.75) is 45.5 Å². The van der Waals surface area contributed by atoms with Crippen molar-refractivity contribution in [1.29, 1.82) is 0 Å². The third-order valence-electron chi connectivity index (χ3n) is 4.49. The molecule has 0 spiro atoms. The van der Waals surface area contributed by atoms with Gasteiger partial charge in [-0.05, 0) is 60.2 Å². The number of para-hydroxylation sites is 1. The average Bonchev–Trinajstić information content (AvgIpc) is 2.54. The molecule has 0 atom stereocenters. The van der Waals surface area contributed by atoms with Gasteiger partial charge >= 0.3 is 0 Å². The zero-order valence-corrected chi connectivity index (χ0v) is 17.4. The molecule has 0 aliphatic rings. The van der Waals surface area contributed by atoms with Gasteiger partial charge < -0.3 is 14.5 Å². The first kappa shape index (κ1) is 19.5. The van der Waals surface area contributed by atoms with E-state index in [1.54, 1.807) is 0 Å². The minimum atomic E-state index is -1.80. The molecule has 2 aromatic carbocycles. The molecule has 0 bridgehead atoms. The summed E-state index contributed by atoms with van der Waals surface area (Å²) < 4.78 is 11.9. The maximum absolute atomic E-state index is 6.29. The van der Waals surface area contributed by atoms with Gasteiger partial charge in [0.1, 0.15) is 12.4 Å². The lowest BCUT2D eigenvalue weighted by atomic mass is 10.2. The molecule has 0 aromatic heterocycles. The van der Waals surface area contributed by atoms with Crippen molar-refractivity contribution in [1.82, 2.24) is 0 Å². The third kappa shape index (κ3) is 5.87. The quantitative estimate of drug-likeness (QED) is 0.515. The van der Waals surface area contributed by atoms with E-state index in [2.05, 4.69) is 39.2 Å². The Balaban J connectivity index is 1.87. The Morgan fingerprint density at radius 1 is 1.00 bits per heavy atom. The summed E-state index contributed by atoms with van der Waals surface area (Å²) in [5.74, 6) is 0.917. The van der Waals surface area contributed by atoms with Gasteiger partial charge in [0.05, 0.1) is 0 Å². The second-order valence-corrected chi connectivity index (χ2v) is 12.7. The molecular formula is C20H27NO2SSi. The first-order valence-electron chi connectivity index (χ1n) is 8.44. The van der Waals surface area contributed by atoms with E-state index >= 15 is 0 Å². The van der Waals surface area contributed by atoms with E-state index in [-0.39, 0.29) is 5.04 Å². The topological polar surface area (TPSA) is 30.5 Å². The molecule has 2 aromatic rings. The van der Waals surface area contributed by atoms with Gasteiger partial charge in [-0.15, -0.1) is 0 Å². The summed E-state index contributed by atoms with van der Waals surface area (Å²) in [6, 6.07) is 17.8. The van der Waals surface area contributed by atoms with Crippen LogP contribution in [0.2, 0.25) is 18.1 Å². The fourth-order valence-electron chi connectivity index (χ4n) is 1.93. The maximum Gasteiger partial charge on any atom is 0.261 e. The summed E-state index contributed by atoms with van der Waals surface area (Å²) in [5, 5.41) is 3.61. The highest BCUT2D eigenvalue weighted by Gasteiger charge is 2.38. The minimum Gasteiger partial charge on any atom is -0.544 e. The van der Waals surface area contributed by atoms with E-state index in [4.69, 9.17) is 21.4 Å². The van der Waals surface area contributed by atoms with E-state index in [1.165, 1.54) is 0 Å². The van der Waals surface area contributed by atoms with Crippen molar-refractivity contribution in [3.8, 4) is 5.75 Å². The van der Waals surface area contributed by atoms with Crippen LogP contribution in [0.1, 0.15) is 26.3 Å². The molecule has 0 aliphatic carbocycles. The smallest absolute Gasteiger partial charge is 0.261 e. The van der Waals surface area contributed by atoms with E-state index in [0.717, 1.165) is 17.0 Å². The highest BCUT2D eigenvalue weighted by atomic mass is 32.1. The normalized spacial score (nSPS) is 11.7. The highest BCUT2D eigenvalue weighted by molar-refractivity contribution is 7.80. The largest absolute Gasteiger partial charge is 0.544 e. The summed E-state index contributed by atoms with van der Waals surface area (Å²) in [6.07, 6.45) is 0. The molecule has 5 heteroatoms. The van der Waals surface area contributed by atoms with Crippen LogP contribution in [0.25, 0.3) is 0 Å². The number of ether oxygens (including phenoxy) is 1. The Morgan fingerprint density at radius 3 is 2.16 bits per heavy atom. The van der Waals surface area contributed by atoms with Crippen LogP contribution in [0.4, 0.5) is 5.69 Å². The average molecular weight is 374 g/mol. The summed E-state index contributed by atoms with van der Waals surface area (Å²) in [7, 11) is -1.80. The van der Waals surface area contributed by atoms with Gasteiger partial charge in [0, 0.05) is 5.69 Å². The number of anilines is 1. The van der Waals surface area contributed by atoms with Crippen LogP contribution in [0.5, 0.6) is 5.75 Å². The number of thiocarbonyl (C=S) groups is 1. The van der Waals surface area contributed by atoms with Gasteiger partial charge in [0.2, 0.25) is 8.32 Å². The minimum absolute atomic E-state index is 0.185. The molecule has 0 saturated carbocycles. The van der Waals surface area contributed by atoms with E-state index in [0.29, 0.717) is 11.8 Å². The Labute approximate surface area is 157 Å². The summed E-state index contributed by atoms with van der Waals surface area (Å²) >= 11 is 5.22. The maximum atomic E-state index is 6.29. The monoisotopic (exact) mass is 373 g/mol. The molecular weight excluding hydrogens is 346 g/mol. The highest BCUT2D eigenvalue weighted by Crippen LogP contribution is 2.37. The molecule has 0 amide bonds. The third-order valence-corrected chi connectivity index (χ3v) is 9.07. The Morgan fingerprint density at radius 2 is 1.60 bits per heavy atom. The Hall–Kier alpha value is -1.85. The van der Waals surface area contributed by atoms with E-state index in [9.17, 15) is 0 Å². The summed E-state index contributed by atoms with van der Waals surface area (Å²) in [5.41, 5.74) is 1.98. The standard InChI is InChI=1S/C20H27NO2SSi/c1-20(2,3)25(4,5)23-18-13-11-16(12-14-18)15-22-19(24)21-17-9-7-6-8-10-17/h6-14H,15H2,1-5H3,(H,21,24). The SMILES string of the molecule is CC(C)(C)[Si](C)(C)Oc1ccc(COC(=S)Nc2ccccc2)cc1. The lowest BCUT2D eigenvalue weighted by Gasteiger charge is -2.36. The molecule has 3 nitrogen and oxygen atoms in total. The zero-order chi connectivity index (χ0) is 18.5. The Kier molecular flexibility index (Phi) is 6.24. The van der Waals surface area contributed by atoms with Crippen molar-refractivity contribution in [3.05, 3.63) is 60.2 Å². The molecule has 0 aliphatic heterocycles. The molecule has 0 heterocycles. The fourth-order valence-corrected chi connectivity index (χ4v) is 3.13. The van der Waals surface area contributed by atoms with Crippen molar-refractivity contribution in [2.24, 2.45) is 0 Å². The van der Waals surface area contributed by atoms with Crippen LogP contribution < -0.4 is 9.74 Å². The number of hydrogen-bond donors (Lipinski definition) is 1. The van der Waals surface area contributed by atoms with Crippen molar-refractivity contribution in [2.75, 3.05) is 5.32 Å². The second kappa shape index (κ2) is 8.02. The van der Waals surface area contributed by atoms with Crippen LogP contribution in [-0.4, -0.2) is 13.5 Å². The summed E-state index contributed by atoms with van der Waals surface area (Å²) in [4.78, 5) is 0. The summed E-state index contributed by atoms with van der Waals surface area (Å²) in [6.45, 7) is 11.6. The van der Waals surface area contributed by atoms with Gasteiger partial charge in [-0.1, -0.05) is 51.1 Å². The molecule has 0 saturated heterocycles. The molecule has 0 fully saturated rings. The molecule has 0 radical (unpaired) electrons. The van der Waals surface area contributed by atoms with Gasteiger partial charge in [-0.2, -0.15) is 0 Å². The van der Waals surface area contributed by atoms with Crippen LogP contribution in [0.15, 0.2) is 54.6 Å². The number of nitrogens with one attached hydrogen (secondary N) is 1. The van der Waals surface area contributed by atoms with Gasteiger partial charge in [-0.3, -0.25) is 0 Å². The Bertz CT molecular complexity index is 694.